The molecule has 0 bridgehead atoms. The van der Waals surface area contributed by atoms with Gasteiger partial charge in [-0.15, -0.1) is 0 Å². The molecule has 0 aromatic heterocycles. The van der Waals surface area contributed by atoms with Gasteiger partial charge >= 0.3 is 0 Å². The first kappa shape index (κ1) is 14.3. The summed E-state index contributed by atoms with van der Waals surface area (Å²) in [6.07, 6.45) is 9.65. The molecule has 0 aromatic carbocycles. The molecule has 1 saturated carbocycles. The highest BCUT2D eigenvalue weighted by Gasteiger charge is 2.43. The SMILES string of the molecule is CC(C)CC1CCCC(CN)(N2CCCC2C)C1. The fraction of sp³-hybridized carbons (Fsp3) is 1.00. The van der Waals surface area contributed by atoms with Crippen molar-refractivity contribution in [2.45, 2.75) is 77.3 Å². The predicted molar refractivity (Wildman–Crippen MR) is 78.6 cm³/mol. The number of likely N-dealkylation sites (tertiary alicyclic amines) is 1. The molecule has 1 heterocycles. The Labute approximate surface area is 113 Å². The summed E-state index contributed by atoms with van der Waals surface area (Å²) in [6.45, 7) is 9.27. The van der Waals surface area contributed by atoms with Crippen LogP contribution in [0.15, 0.2) is 0 Å². The van der Waals surface area contributed by atoms with Crippen LogP contribution < -0.4 is 5.73 Å². The molecule has 1 aliphatic carbocycles. The lowest BCUT2D eigenvalue weighted by molar-refractivity contribution is 0.0263. The third-order valence-corrected chi connectivity index (χ3v) is 5.27. The Hall–Kier alpha value is -0.0800. The van der Waals surface area contributed by atoms with E-state index >= 15 is 0 Å². The van der Waals surface area contributed by atoms with Crippen LogP contribution in [-0.4, -0.2) is 29.6 Å². The second-order valence-electron chi connectivity index (χ2n) is 7.21. The summed E-state index contributed by atoms with van der Waals surface area (Å²) < 4.78 is 0. The van der Waals surface area contributed by atoms with Crippen molar-refractivity contribution in [3.8, 4) is 0 Å². The minimum atomic E-state index is 0.341. The van der Waals surface area contributed by atoms with E-state index in [1.165, 1.54) is 51.5 Å². The Kier molecular flexibility index (Phi) is 4.71. The zero-order valence-electron chi connectivity index (χ0n) is 12.6. The summed E-state index contributed by atoms with van der Waals surface area (Å²) in [5.41, 5.74) is 6.57. The van der Waals surface area contributed by atoms with Gasteiger partial charge in [0.1, 0.15) is 0 Å². The van der Waals surface area contributed by atoms with Crippen LogP contribution in [0.25, 0.3) is 0 Å². The highest BCUT2D eigenvalue weighted by atomic mass is 15.2. The van der Waals surface area contributed by atoms with Crippen molar-refractivity contribution in [3.05, 3.63) is 0 Å². The summed E-state index contributed by atoms with van der Waals surface area (Å²) in [4.78, 5) is 2.76. The van der Waals surface area contributed by atoms with Crippen LogP contribution in [0.4, 0.5) is 0 Å². The maximum Gasteiger partial charge on any atom is 0.0337 e. The van der Waals surface area contributed by atoms with E-state index in [1.54, 1.807) is 0 Å². The summed E-state index contributed by atoms with van der Waals surface area (Å²) in [5, 5.41) is 0. The Balaban J connectivity index is 2.06. The van der Waals surface area contributed by atoms with E-state index in [1.807, 2.05) is 0 Å². The minimum Gasteiger partial charge on any atom is -0.329 e. The molecule has 1 saturated heterocycles. The molecule has 2 rings (SSSR count). The highest BCUT2D eigenvalue weighted by Crippen LogP contribution is 2.41. The van der Waals surface area contributed by atoms with Gasteiger partial charge in [-0.1, -0.05) is 26.7 Å². The van der Waals surface area contributed by atoms with Crippen molar-refractivity contribution >= 4 is 0 Å². The average Bonchev–Trinajstić information content (AvgIpc) is 2.75. The molecule has 1 aliphatic heterocycles. The molecule has 3 atom stereocenters. The van der Waals surface area contributed by atoms with Crippen molar-refractivity contribution < 1.29 is 0 Å². The second-order valence-corrected chi connectivity index (χ2v) is 7.21. The molecule has 0 aromatic rings. The maximum atomic E-state index is 6.23. The first-order valence-corrected chi connectivity index (χ1v) is 8.04. The van der Waals surface area contributed by atoms with Gasteiger partial charge in [0.2, 0.25) is 0 Å². The number of nitrogens with zero attached hydrogens (tertiary/aromatic N) is 1. The summed E-state index contributed by atoms with van der Waals surface area (Å²) in [5.74, 6) is 1.75. The number of nitrogens with two attached hydrogens (primary N) is 1. The summed E-state index contributed by atoms with van der Waals surface area (Å²) >= 11 is 0. The van der Waals surface area contributed by atoms with Crippen LogP contribution in [0.3, 0.4) is 0 Å². The van der Waals surface area contributed by atoms with E-state index < -0.39 is 0 Å². The van der Waals surface area contributed by atoms with E-state index in [9.17, 15) is 0 Å². The van der Waals surface area contributed by atoms with Crippen LogP contribution in [0.1, 0.15) is 65.7 Å². The summed E-state index contributed by atoms with van der Waals surface area (Å²) in [7, 11) is 0. The lowest BCUT2D eigenvalue weighted by Gasteiger charge is -2.49. The van der Waals surface area contributed by atoms with E-state index in [4.69, 9.17) is 5.73 Å². The van der Waals surface area contributed by atoms with Gasteiger partial charge in [0.25, 0.3) is 0 Å². The van der Waals surface area contributed by atoms with Crippen LogP contribution in [0, 0.1) is 11.8 Å². The largest absolute Gasteiger partial charge is 0.329 e. The standard InChI is InChI=1S/C16H32N2/c1-13(2)10-15-7-4-8-16(11-15,12-17)18-9-5-6-14(18)3/h13-15H,4-12,17H2,1-3H3. The molecular formula is C16H32N2. The molecule has 2 aliphatic rings. The Bertz CT molecular complexity index is 264. The van der Waals surface area contributed by atoms with E-state index in [2.05, 4.69) is 25.7 Å². The van der Waals surface area contributed by atoms with Crippen LogP contribution in [-0.2, 0) is 0 Å². The average molecular weight is 252 g/mol. The third kappa shape index (κ3) is 2.91. The highest BCUT2D eigenvalue weighted by molar-refractivity contribution is 5.00. The van der Waals surface area contributed by atoms with Gasteiger partial charge in [0.05, 0.1) is 0 Å². The smallest absolute Gasteiger partial charge is 0.0337 e. The van der Waals surface area contributed by atoms with E-state index in [0.717, 1.165) is 24.4 Å². The van der Waals surface area contributed by atoms with Gasteiger partial charge in [-0.25, -0.2) is 0 Å². The van der Waals surface area contributed by atoms with Gasteiger partial charge in [-0.2, -0.15) is 0 Å². The maximum absolute atomic E-state index is 6.23. The van der Waals surface area contributed by atoms with Gasteiger partial charge < -0.3 is 5.73 Å². The molecule has 2 N–H and O–H groups in total. The topological polar surface area (TPSA) is 29.3 Å². The molecular weight excluding hydrogens is 220 g/mol. The molecule has 2 fully saturated rings. The fourth-order valence-electron chi connectivity index (χ4n) is 4.53. The van der Waals surface area contributed by atoms with Gasteiger partial charge in [0, 0.05) is 18.1 Å². The third-order valence-electron chi connectivity index (χ3n) is 5.27. The quantitative estimate of drug-likeness (QED) is 0.831. The minimum absolute atomic E-state index is 0.341. The molecule has 3 unspecified atom stereocenters. The molecule has 2 nitrogen and oxygen atoms in total. The second kappa shape index (κ2) is 5.92. The Morgan fingerprint density at radius 2 is 2.06 bits per heavy atom. The molecule has 0 spiro atoms. The zero-order chi connectivity index (χ0) is 13.2. The van der Waals surface area contributed by atoms with Crippen molar-refractivity contribution in [1.29, 1.82) is 0 Å². The van der Waals surface area contributed by atoms with Gasteiger partial charge in [0.15, 0.2) is 0 Å². The normalized spacial score (nSPS) is 38.5. The molecule has 0 amide bonds. The Morgan fingerprint density at radius 1 is 1.28 bits per heavy atom. The van der Waals surface area contributed by atoms with Crippen LogP contribution in [0.5, 0.6) is 0 Å². The van der Waals surface area contributed by atoms with Crippen molar-refractivity contribution in [2.24, 2.45) is 17.6 Å². The lowest BCUT2D eigenvalue weighted by Crippen LogP contribution is -2.57. The molecule has 0 radical (unpaired) electrons. The number of hydrogen-bond acceptors (Lipinski definition) is 2. The van der Waals surface area contributed by atoms with E-state index in [-0.39, 0.29) is 0 Å². The molecule has 18 heavy (non-hydrogen) atoms. The zero-order valence-corrected chi connectivity index (χ0v) is 12.6. The van der Waals surface area contributed by atoms with Crippen LogP contribution >= 0.6 is 0 Å². The fourth-order valence-corrected chi connectivity index (χ4v) is 4.53. The van der Waals surface area contributed by atoms with Crippen molar-refractivity contribution in [2.75, 3.05) is 13.1 Å². The number of hydrogen-bond donors (Lipinski definition) is 1. The molecule has 106 valence electrons. The van der Waals surface area contributed by atoms with Crippen LogP contribution in [0.2, 0.25) is 0 Å². The first-order valence-electron chi connectivity index (χ1n) is 8.04. The molecule has 2 heteroatoms. The predicted octanol–water partition coefficient (Wildman–Crippen LogP) is 3.40. The monoisotopic (exact) mass is 252 g/mol. The van der Waals surface area contributed by atoms with Crippen molar-refractivity contribution in [1.82, 2.24) is 4.90 Å². The van der Waals surface area contributed by atoms with E-state index in [0.29, 0.717) is 5.54 Å². The summed E-state index contributed by atoms with van der Waals surface area (Å²) in [6, 6.07) is 0.756. The first-order chi connectivity index (χ1) is 8.57. The van der Waals surface area contributed by atoms with Crippen molar-refractivity contribution in [3.63, 3.8) is 0 Å². The number of rotatable bonds is 4. The van der Waals surface area contributed by atoms with Gasteiger partial charge in [-0.3, -0.25) is 4.90 Å². The Morgan fingerprint density at radius 3 is 2.61 bits per heavy atom. The van der Waals surface area contributed by atoms with Gasteiger partial charge in [-0.05, 0) is 57.4 Å². The lowest BCUT2D eigenvalue weighted by atomic mass is 9.72.